The van der Waals surface area contributed by atoms with Gasteiger partial charge in [-0.3, -0.25) is 14.5 Å². The van der Waals surface area contributed by atoms with E-state index in [1.54, 1.807) is 18.2 Å². The number of aryl methyl sites for hydroxylation is 1. The number of halogens is 1. The summed E-state index contributed by atoms with van der Waals surface area (Å²) in [4.78, 5) is 38.5. The molecule has 2 atom stereocenters. The number of carbonyl (C=O) groups is 3. The molecule has 0 radical (unpaired) electrons. The van der Waals surface area contributed by atoms with Gasteiger partial charge in [0.1, 0.15) is 12.1 Å². The van der Waals surface area contributed by atoms with E-state index in [1.807, 2.05) is 13.8 Å². The number of rotatable bonds is 3. The predicted molar refractivity (Wildman–Crippen MR) is 95.4 cm³/mol. The van der Waals surface area contributed by atoms with Crippen molar-refractivity contribution < 1.29 is 14.4 Å². The number of urea groups is 1. The van der Waals surface area contributed by atoms with Crippen molar-refractivity contribution in [2.24, 2.45) is 5.92 Å². The third-order valence-corrected chi connectivity index (χ3v) is 5.51. The summed E-state index contributed by atoms with van der Waals surface area (Å²) < 4.78 is 0. The van der Waals surface area contributed by atoms with Gasteiger partial charge in [0.25, 0.3) is 5.91 Å². The standard InChI is InChI=1S/C18H22ClN3O3/c1-11-6-7-13(19)9-14(11)20-15(23)10-22-16(24)18(21-17(22)25)8-4-3-5-12(18)2/h6-7,9,12H,3-5,8,10H2,1-2H3,(H,20,23)(H,21,25)/t12-,18-/m0/s1. The second kappa shape index (κ2) is 6.67. The average molecular weight is 364 g/mol. The van der Waals surface area contributed by atoms with E-state index in [0.29, 0.717) is 17.1 Å². The fraction of sp³-hybridized carbons (Fsp3) is 0.500. The summed E-state index contributed by atoms with van der Waals surface area (Å²) in [6, 6.07) is 4.69. The molecule has 6 nitrogen and oxygen atoms in total. The normalized spacial score (nSPS) is 26.0. The summed E-state index contributed by atoms with van der Waals surface area (Å²) in [6.45, 7) is 3.53. The Bertz CT molecular complexity index is 736. The van der Waals surface area contributed by atoms with Gasteiger partial charge in [-0.25, -0.2) is 4.79 Å². The van der Waals surface area contributed by atoms with Gasteiger partial charge in [0, 0.05) is 10.7 Å². The summed E-state index contributed by atoms with van der Waals surface area (Å²) in [6.07, 6.45) is 3.48. The van der Waals surface area contributed by atoms with Crippen LogP contribution < -0.4 is 10.6 Å². The van der Waals surface area contributed by atoms with Crippen molar-refractivity contribution in [2.45, 2.75) is 45.1 Å². The first kappa shape index (κ1) is 17.7. The Morgan fingerprint density at radius 2 is 2.16 bits per heavy atom. The van der Waals surface area contributed by atoms with Crippen molar-refractivity contribution >= 4 is 35.1 Å². The van der Waals surface area contributed by atoms with Crippen molar-refractivity contribution in [2.75, 3.05) is 11.9 Å². The lowest BCUT2D eigenvalue weighted by atomic mass is 9.73. The van der Waals surface area contributed by atoms with E-state index in [4.69, 9.17) is 11.6 Å². The van der Waals surface area contributed by atoms with E-state index in [1.165, 1.54) is 0 Å². The Labute approximate surface area is 151 Å². The summed E-state index contributed by atoms with van der Waals surface area (Å²) in [5.41, 5.74) is 0.583. The number of anilines is 1. The van der Waals surface area contributed by atoms with Crippen molar-refractivity contribution in [3.05, 3.63) is 28.8 Å². The van der Waals surface area contributed by atoms with Crippen LogP contribution in [0.3, 0.4) is 0 Å². The van der Waals surface area contributed by atoms with E-state index in [-0.39, 0.29) is 18.4 Å². The van der Waals surface area contributed by atoms with Crippen LogP contribution in [0.25, 0.3) is 0 Å². The highest BCUT2D eigenvalue weighted by atomic mass is 35.5. The molecule has 0 aromatic heterocycles. The third-order valence-electron chi connectivity index (χ3n) is 5.28. The zero-order valence-electron chi connectivity index (χ0n) is 14.4. The number of nitrogens with one attached hydrogen (secondary N) is 2. The van der Waals surface area contributed by atoms with Gasteiger partial charge < -0.3 is 10.6 Å². The maximum Gasteiger partial charge on any atom is 0.325 e. The van der Waals surface area contributed by atoms with Gasteiger partial charge in [0.05, 0.1) is 0 Å². The largest absolute Gasteiger partial charge is 0.325 e. The minimum absolute atomic E-state index is 0.0703. The van der Waals surface area contributed by atoms with Crippen molar-refractivity contribution in [1.82, 2.24) is 10.2 Å². The fourth-order valence-electron chi connectivity index (χ4n) is 3.70. The molecule has 1 aromatic rings. The number of benzene rings is 1. The Kier molecular flexibility index (Phi) is 4.73. The summed E-state index contributed by atoms with van der Waals surface area (Å²) in [5.74, 6) is -0.641. The summed E-state index contributed by atoms with van der Waals surface area (Å²) >= 11 is 5.95. The minimum atomic E-state index is -0.846. The highest BCUT2D eigenvalue weighted by Gasteiger charge is 2.55. The molecular weight excluding hydrogens is 342 g/mol. The fourth-order valence-corrected chi connectivity index (χ4v) is 3.87. The molecule has 1 aliphatic heterocycles. The van der Waals surface area contributed by atoms with Crippen LogP contribution in [0.15, 0.2) is 18.2 Å². The van der Waals surface area contributed by atoms with Crippen LogP contribution in [0.5, 0.6) is 0 Å². The quantitative estimate of drug-likeness (QED) is 0.810. The molecule has 3 rings (SSSR count). The molecule has 1 saturated heterocycles. The SMILES string of the molecule is Cc1ccc(Cl)cc1NC(=O)CN1C(=O)N[C@]2(CCCC[C@@H]2C)C1=O. The highest BCUT2D eigenvalue weighted by molar-refractivity contribution is 6.31. The molecule has 2 aliphatic rings. The van der Waals surface area contributed by atoms with Gasteiger partial charge in [-0.1, -0.05) is 37.4 Å². The number of hydrogen-bond donors (Lipinski definition) is 2. The Morgan fingerprint density at radius 3 is 2.88 bits per heavy atom. The van der Waals surface area contributed by atoms with Gasteiger partial charge in [0.15, 0.2) is 0 Å². The van der Waals surface area contributed by atoms with Crippen molar-refractivity contribution in [3.8, 4) is 0 Å². The highest BCUT2D eigenvalue weighted by Crippen LogP contribution is 2.38. The Hall–Kier alpha value is -2.08. The predicted octanol–water partition coefficient (Wildman–Crippen LogP) is 3.09. The van der Waals surface area contributed by atoms with E-state index in [9.17, 15) is 14.4 Å². The summed E-state index contributed by atoms with van der Waals surface area (Å²) in [7, 11) is 0. The zero-order chi connectivity index (χ0) is 18.2. The van der Waals surface area contributed by atoms with Crippen LogP contribution in [-0.2, 0) is 9.59 Å². The van der Waals surface area contributed by atoms with Crippen LogP contribution in [0.2, 0.25) is 5.02 Å². The molecule has 0 unspecified atom stereocenters. The number of amides is 4. The minimum Gasteiger partial charge on any atom is -0.324 e. The molecule has 1 aliphatic carbocycles. The smallest absolute Gasteiger partial charge is 0.324 e. The molecule has 4 amide bonds. The molecule has 2 fully saturated rings. The first-order chi connectivity index (χ1) is 11.8. The number of carbonyl (C=O) groups excluding carboxylic acids is 3. The number of imide groups is 1. The van der Waals surface area contributed by atoms with Crippen molar-refractivity contribution in [1.29, 1.82) is 0 Å². The molecule has 134 valence electrons. The molecule has 1 spiro atoms. The number of hydrogen-bond acceptors (Lipinski definition) is 3. The third kappa shape index (κ3) is 3.23. The topological polar surface area (TPSA) is 78.5 Å². The van der Waals surface area contributed by atoms with Gasteiger partial charge in [-0.15, -0.1) is 0 Å². The first-order valence-electron chi connectivity index (χ1n) is 8.53. The van der Waals surface area contributed by atoms with E-state index < -0.39 is 17.5 Å². The second-order valence-electron chi connectivity index (χ2n) is 6.95. The van der Waals surface area contributed by atoms with Crippen LogP contribution in [0, 0.1) is 12.8 Å². The summed E-state index contributed by atoms with van der Waals surface area (Å²) in [5, 5.41) is 6.07. The molecule has 1 saturated carbocycles. The van der Waals surface area contributed by atoms with Crippen LogP contribution in [0.4, 0.5) is 10.5 Å². The maximum absolute atomic E-state index is 12.9. The molecule has 25 heavy (non-hydrogen) atoms. The van der Waals surface area contributed by atoms with Crippen molar-refractivity contribution in [3.63, 3.8) is 0 Å². The second-order valence-corrected chi connectivity index (χ2v) is 7.38. The van der Waals surface area contributed by atoms with E-state index in [2.05, 4.69) is 10.6 Å². The monoisotopic (exact) mass is 363 g/mol. The van der Waals surface area contributed by atoms with Gasteiger partial charge in [-0.2, -0.15) is 0 Å². The van der Waals surface area contributed by atoms with Crippen LogP contribution in [-0.4, -0.2) is 34.8 Å². The Balaban J connectivity index is 1.72. The molecule has 1 heterocycles. The molecule has 7 heteroatoms. The first-order valence-corrected chi connectivity index (χ1v) is 8.91. The Morgan fingerprint density at radius 1 is 1.40 bits per heavy atom. The molecule has 2 N–H and O–H groups in total. The maximum atomic E-state index is 12.9. The molecular formula is C18H22ClN3O3. The zero-order valence-corrected chi connectivity index (χ0v) is 15.2. The van der Waals surface area contributed by atoms with E-state index >= 15 is 0 Å². The average Bonchev–Trinajstić information content (AvgIpc) is 2.79. The lowest BCUT2D eigenvalue weighted by Gasteiger charge is -2.36. The van der Waals surface area contributed by atoms with E-state index in [0.717, 1.165) is 29.7 Å². The van der Waals surface area contributed by atoms with Gasteiger partial charge in [-0.05, 0) is 43.4 Å². The lowest BCUT2D eigenvalue weighted by molar-refractivity contribution is -0.136. The molecule has 1 aromatic carbocycles. The number of nitrogens with zero attached hydrogens (tertiary/aromatic N) is 1. The van der Waals surface area contributed by atoms with Gasteiger partial charge >= 0.3 is 6.03 Å². The molecule has 0 bridgehead atoms. The van der Waals surface area contributed by atoms with Crippen LogP contribution in [0.1, 0.15) is 38.2 Å². The van der Waals surface area contributed by atoms with Gasteiger partial charge in [0.2, 0.25) is 5.91 Å². The van der Waals surface area contributed by atoms with Crippen LogP contribution >= 0.6 is 11.6 Å². The lowest BCUT2D eigenvalue weighted by Crippen LogP contribution is -2.54.